The Kier molecular flexibility index (Phi) is 29.3. The van der Waals surface area contributed by atoms with Crippen LogP contribution in [0.4, 0.5) is 0 Å². The van der Waals surface area contributed by atoms with Gasteiger partial charge in [0.25, 0.3) is 0 Å². The molecule has 0 radical (unpaired) electrons. The average molecular weight is 315 g/mol. The Labute approximate surface area is 156 Å². The third kappa shape index (κ3) is 18.8. The van der Waals surface area contributed by atoms with Gasteiger partial charge < -0.3 is 10.6 Å². The van der Waals surface area contributed by atoms with Crippen molar-refractivity contribution in [3.05, 3.63) is 0 Å². The summed E-state index contributed by atoms with van der Waals surface area (Å²) in [4.78, 5) is 8.98. The molecule has 0 aromatic carbocycles. The summed E-state index contributed by atoms with van der Waals surface area (Å²) in [5, 5.41) is 0. The fourth-order valence-electron chi connectivity index (χ4n) is 0.909. The maximum Gasteiger partial charge on any atom is 2.00 e. The second-order valence-electron chi connectivity index (χ2n) is 2.78. The molecule has 0 aliphatic carbocycles. The van der Waals surface area contributed by atoms with Gasteiger partial charge in [0.1, 0.15) is 0 Å². The zero-order chi connectivity index (χ0) is 10.2. The summed E-state index contributed by atoms with van der Waals surface area (Å²) < 4.78 is 20.2. The van der Waals surface area contributed by atoms with Gasteiger partial charge >= 0.3 is 68.6 Å². The standard InChI is InChI=1S/C8H19O4P.Ca.ClH.Mg.4H/c1-3-5-6-7-8-12-13(9,10)11-4-2;;;;;;;/h3-8H2,1-2H3,(H,9,10);;1H;;;;;/q;+2;;+2;4*-1. The third-order valence-electron chi connectivity index (χ3n) is 1.54. The van der Waals surface area contributed by atoms with E-state index in [9.17, 15) is 4.57 Å². The number of unbranched alkanes of at least 4 members (excludes halogenated alkanes) is 3. The van der Waals surface area contributed by atoms with Gasteiger partial charge in [0.15, 0.2) is 0 Å². The first-order valence-electron chi connectivity index (χ1n) is 4.74. The van der Waals surface area contributed by atoms with Gasteiger partial charge in [-0.05, 0) is 13.3 Å². The molecule has 0 heterocycles. The van der Waals surface area contributed by atoms with Gasteiger partial charge in [0, 0.05) is 0 Å². The molecule has 0 rings (SSSR count). The summed E-state index contributed by atoms with van der Waals surface area (Å²) in [5.74, 6) is 0. The topological polar surface area (TPSA) is 55.8 Å². The van der Waals surface area contributed by atoms with Crippen LogP contribution < -0.4 is 0 Å². The Morgan fingerprint density at radius 1 is 1.19 bits per heavy atom. The number of phosphoric acid groups is 1. The van der Waals surface area contributed by atoms with E-state index in [1.54, 1.807) is 6.92 Å². The van der Waals surface area contributed by atoms with Crippen molar-refractivity contribution in [2.24, 2.45) is 0 Å². The van der Waals surface area contributed by atoms with Crippen molar-refractivity contribution in [1.29, 1.82) is 0 Å². The van der Waals surface area contributed by atoms with E-state index in [-0.39, 0.29) is 85.5 Å². The van der Waals surface area contributed by atoms with Gasteiger partial charge in [-0.15, -0.1) is 12.4 Å². The molecule has 0 aromatic rings. The first-order valence-corrected chi connectivity index (χ1v) is 6.23. The summed E-state index contributed by atoms with van der Waals surface area (Å²) in [7, 11) is -3.74. The van der Waals surface area contributed by atoms with E-state index >= 15 is 0 Å². The van der Waals surface area contributed by atoms with E-state index < -0.39 is 7.82 Å². The summed E-state index contributed by atoms with van der Waals surface area (Å²) in [6, 6.07) is 0. The van der Waals surface area contributed by atoms with Crippen LogP contribution in [-0.2, 0) is 13.6 Å². The zero-order valence-corrected chi connectivity index (χ0v) is 15.5. The van der Waals surface area contributed by atoms with Crippen molar-refractivity contribution in [2.75, 3.05) is 13.2 Å². The van der Waals surface area contributed by atoms with Crippen molar-refractivity contribution in [3.63, 3.8) is 0 Å². The molecule has 0 aliphatic heterocycles. The van der Waals surface area contributed by atoms with Gasteiger partial charge in [-0.3, -0.25) is 9.05 Å². The van der Waals surface area contributed by atoms with Crippen LogP contribution in [-0.4, -0.2) is 78.9 Å². The molecule has 0 bridgehead atoms. The monoisotopic (exact) mass is 314 g/mol. The summed E-state index contributed by atoms with van der Waals surface area (Å²) >= 11 is 0. The molecule has 0 fully saturated rings. The predicted octanol–water partition coefficient (Wildman–Crippen LogP) is 2.83. The van der Waals surface area contributed by atoms with E-state index in [0.29, 0.717) is 6.61 Å². The third-order valence-corrected chi connectivity index (χ3v) is 2.64. The molecule has 1 N–H and O–H groups in total. The molecule has 1 atom stereocenters. The van der Waals surface area contributed by atoms with Crippen molar-refractivity contribution in [3.8, 4) is 0 Å². The number of hydrogen-bond acceptors (Lipinski definition) is 3. The van der Waals surface area contributed by atoms with Crippen LogP contribution in [0.25, 0.3) is 0 Å². The van der Waals surface area contributed by atoms with E-state index in [0.717, 1.165) is 25.7 Å². The first-order chi connectivity index (χ1) is 6.12. The molecule has 0 spiro atoms. The molecule has 0 aromatic heterocycles. The van der Waals surface area contributed by atoms with E-state index in [1.807, 2.05) is 0 Å². The van der Waals surface area contributed by atoms with Gasteiger partial charge in [0.05, 0.1) is 13.2 Å². The van der Waals surface area contributed by atoms with Crippen molar-refractivity contribution in [1.82, 2.24) is 0 Å². The molecular weight excluding hydrogens is 291 g/mol. The minimum Gasteiger partial charge on any atom is -1.00 e. The fraction of sp³-hybridized carbons (Fsp3) is 1.00. The zero-order valence-electron chi connectivity index (χ0n) is 14.2. The minimum atomic E-state index is -3.74. The Bertz CT molecular complexity index is 191. The van der Waals surface area contributed by atoms with Gasteiger partial charge in [-0.2, -0.15) is 0 Å². The SMILES string of the molecule is CCCCCCOP(=O)(O)OCC.Cl.[Ca+2].[H-].[H-].[H-].[H-].[Mg+2]. The van der Waals surface area contributed by atoms with E-state index in [2.05, 4.69) is 11.4 Å². The van der Waals surface area contributed by atoms with Crippen LogP contribution in [0, 0.1) is 0 Å². The average Bonchev–Trinajstić information content (AvgIpc) is 2.04. The van der Waals surface area contributed by atoms with Crippen molar-refractivity contribution >= 4 is 81.0 Å². The normalized spacial score (nSPS) is 12.7. The Morgan fingerprint density at radius 2 is 1.75 bits per heavy atom. The quantitative estimate of drug-likeness (QED) is 0.425. The second kappa shape index (κ2) is 17.4. The molecule has 1 unspecified atom stereocenters. The van der Waals surface area contributed by atoms with Crippen LogP contribution >= 0.6 is 20.2 Å². The summed E-state index contributed by atoms with van der Waals surface area (Å²) in [6.07, 6.45) is 4.12. The molecule has 4 nitrogen and oxygen atoms in total. The number of hydrogen-bond donors (Lipinski definition) is 1. The summed E-state index contributed by atoms with van der Waals surface area (Å²) in [6.45, 7) is 4.26. The molecular formula is C8H24CaClMgO4P. The van der Waals surface area contributed by atoms with Gasteiger partial charge in [-0.1, -0.05) is 26.2 Å². The van der Waals surface area contributed by atoms with Gasteiger partial charge in [0.2, 0.25) is 0 Å². The van der Waals surface area contributed by atoms with Gasteiger partial charge in [-0.25, -0.2) is 4.57 Å². The number of rotatable bonds is 8. The minimum absolute atomic E-state index is 0. The molecule has 16 heavy (non-hydrogen) atoms. The van der Waals surface area contributed by atoms with Crippen LogP contribution in [0.1, 0.15) is 45.2 Å². The molecule has 0 aliphatic rings. The van der Waals surface area contributed by atoms with Crippen LogP contribution in [0.15, 0.2) is 0 Å². The molecule has 0 saturated heterocycles. The Balaban J connectivity index is -0.0000000343. The van der Waals surface area contributed by atoms with Crippen LogP contribution in [0.2, 0.25) is 0 Å². The smallest absolute Gasteiger partial charge is 1.00 e. The van der Waals surface area contributed by atoms with Crippen LogP contribution in [0.3, 0.4) is 0 Å². The first kappa shape index (κ1) is 26.9. The van der Waals surface area contributed by atoms with Crippen LogP contribution in [0.5, 0.6) is 0 Å². The largest absolute Gasteiger partial charge is 2.00 e. The maximum absolute atomic E-state index is 11.0. The summed E-state index contributed by atoms with van der Waals surface area (Å²) in [5.41, 5.74) is 0. The predicted molar refractivity (Wildman–Crippen MR) is 74.7 cm³/mol. The molecule has 0 saturated carbocycles. The van der Waals surface area contributed by atoms with E-state index in [4.69, 9.17) is 9.42 Å². The van der Waals surface area contributed by atoms with Crippen molar-refractivity contribution < 1.29 is 24.2 Å². The Morgan fingerprint density at radius 3 is 2.19 bits per heavy atom. The number of phosphoric ester groups is 1. The maximum atomic E-state index is 11.0. The second-order valence-corrected chi connectivity index (χ2v) is 4.23. The van der Waals surface area contributed by atoms with Crippen molar-refractivity contribution in [2.45, 2.75) is 39.5 Å². The molecule has 8 heteroatoms. The fourth-order valence-corrected chi connectivity index (χ4v) is 1.67. The molecule has 96 valence electrons. The molecule has 0 amide bonds. The van der Waals surface area contributed by atoms with E-state index in [1.165, 1.54) is 0 Å². The number of halogens is 1. The Hall–Kier alpha value is 2.43.